The van der Waals surface area contributed by atoms with E-state index in [1.54, 1.807) is 14.1 Å². The van der Waals surface area contributed by atoms with Crippen LogP contribution in [0.5, 0.6) is 0 Å². The molecule has 1 aromatic heterocycles. The van der Waals surface area contributed by atoms with E-state index in [2.05, 4.69) is 9.97 Å². The molecule has 0 N–H and O–H groups in total. The molecule has 0 saturated carbocycles. The lowest BCUT2D eigenvalue weighted by Gasteiger charge is -2.21. The maximum absolute atomic E-state index is 13.1. The van der Waals surface area contributed by atoms with E-state index in [4.69, 9.17) is 11.6 Å². The maximum atomic E-state index is 13.1. The van der Waals surface area contributed by atoms with E-state index in [0.717, 1.165) is 6.07 Å². The third-order valence-corrected chi connectivity index (χ3v) is 3.81. The molecule has 0 aliphatic heterocycles. The molecule has 0 aliphatic carbocycles. The van der Waals surface area contributed by atoms with Crippen LogP contribution < -0.4 is 9.80 Å². The van der Waals surface area contributed by atoms with E-state index in [1.807, 2.05) is 0 Å². The number of nitrogens with zero attached hydrogens (tertiary/aromatic N) is 5. The highest BCUT2D eigenvalue weighted by atomic mass is 35.5. The molecule has 1 aromatic carbocycles. The first-order chi connectivity index (χ1) is 12.0. The summed E-state index contributed by atoms with van der Waals surface area (Å²) in [7, 11) is 4.59. The molecule has 2 aromatic rings. The molecule has 0 bridgehead atoms. The fourth-order valence-corrected chi connectivity index (χ4v) is 2.27. The van der Waals surface area contributed by atoms with Crippen molar-refractivity contribution in [3.05, 3.63) is 50.7 Å². The SMILES string of the molecule is CN(C)c1cc(C(F)(F)F)nc(N(C)Cc2cc([N+](=O)[O-])ccc2Cl)n1. The van der Waals surface area contributed by atoms with Gasteiger partial charge in [-0.25, -0.2) is 4.98 Å². The highest BCUT2D eigenvalue weighted by molar-refractivity contribution is 6.31. The third-order valence-electron chi connectivity index (χ3n) is 3.44. The molecule has 0 saturated heterocycles. The zero-order chi connectivity index (χ0) is 19.6. The van der Waals surface area contributed by atoms with E-state index < -0.39 is 16.8 Å². The van der Waals surface area contributed by atoms with E-state index in [0.29, 0.717) is 5.56 Å². The van der Waals surface area contributed by atoms with E-state index in [1.165, 1.54) is 35.0 Å². The molecule has 0 unspecified atom stereocenters. The number of non-ortho nitro benzene ring substituents is 1. The zero-order valence-electron chi connectivity index (χ0n) is 14.1. The number of aromatic nitrogens is 2. The van der Waals surface area contributed by atoms with Crippen LogP contribution >= 0.6 is 11.6 Å². The van der Waals surface area contributed by atoms with Gasteiger partial charge in [0.25, 0.3) is 5.69 Å². The molecular formula is C15H15ClF3N5O2. The number of halogens is 4. The highest BCUT2D eigenvalue weighted by Gasteiger charge is 2.34. The Bertz CT molecular complexity index is 829. The lowest BCUT2D eigenvalue weighted by molar-refractivity contribution is -0.384. The predicted molar refractivity (Wildman–Crippen MR) is 91.6 cm³/mol. The second-order valence-corrected chi connectivity index (χ2v) is 6.10. The van der Waals surface area contributed by atoms with Gasteiger partial charge in [0.1, 0.15) is 5.82 Å². The Labute approximate surface area is 152 Å². The van der Waals surface area contributed by atoms with Gasteiger partial charge in [-0.3, -0.25) is 10.1 Å². The molecule has 2 rings (SSSR count). The normalized spacial score (nSPS) is 11.3. The van der Waals surface area contributed by atoms with Crippen LogP contribution in [0.4, 0.5) is 30.6 Å². The van der Waals surface area contributed by atoms with Crippen molar-refractivity contribution in [1.29, 1.82) is 0 Å². The average Bonchev–Trinajstić information content (AvgIpc) is 2.55. The molecule has 140 valence electrons. The van der Waals surface area contributed by atoms with Crippen LogP contribution in [0, 0.1) is 10.1 Å². The van der Waals surface area contributed by atoms with Crippen molar-refractivity contribution in [3.8, 4) is 0 Å². The number of hydrogen-bond donors (Lipinski definition) is 0. The first-order valence-electron chi connectivity index (χ1n) is 7.26. The number of nitro benzene ring substituents is 1. The molecule has 0 aliphatic rings. The summed E-state index contributed by atoms with van der Waals surface area (Å²) in [6, 6.07) is 4.72. The molecule has 0 radical (unpaired) electrons. The van der Waals surface area contributed by atoms with Crippen LogP contribution in [0.3, 0.4) is 0 Å². The Hall–Kier alpha value is -2.62. The molecule has 0 atom stereocenters. The average molecular weight is 390 g/mol. The molecule has 7 nitrogen and oxygen atoms in total. The monoisotopic (exact) mass is 389 g/mol. The van der Waals surface area contributed by atoms with E-state index in [-0.39, 0.29) is 29.0 Å². The summed E-state index contributed by atoms with van der Waals surface area (Å²) in [5.74, 6) is -0.0922. The van der Waals surface area contributed by atoms with Gasteiger partial charge in [0.2, 0.25) is 5.95 Å². The van der Waals surface area contributed by atoms with Gasteiger partial charge < -0.3 is 9.80 Å². The van der Waals surface area contributed by atoms with Crippen LogP contribution in [0.25, 0.3) is 0 Å². The van der Waals surface area contributed by atoms with Crippen molar-refractivity contribution in [1.82, 2.24) is 9.97 Å². The summed E-state index contributed by atoms with van der Waals surface area (Å²) in [4.78, 5) is 20.7. The predicted octanol–water partition coefficient (Wildman–Crippen LogP) is 3.76. The van der Waals surface area contributed by atoms with Gasteiger partial charge in [-0.2, -0.15) is 18.2 Å². The summed E-state index contributed by atoms with van der Waals surface area (Å²) >= 11 is 6.04. The second kappa shape index (κ2) is 7.32. The molecular weight excluding hydrogens is 375 g/mol. The lowest BCUT2D eigenvalue weighted by Crippen LogP contribution is -2.23. The summed E-state index contributed by atoms with van der Waals surface area (Å²) in [6.45, 7) is -0.00527. The quantitative estimate of drug-likeness (QED) is 0.572. The van der Waals surface area contributed by atoms with Gasteiger partial charge in [-0.1, -0.05) is 11.6 Å². The van der Waals surface area contributed by atoms with Gasteiger partial charge in [0.05, 0.1) is 4.92 Å². The van der Waals surface area contributed by atoms with E-state index >= 15 is 0 Å². The van der Waals surface area contributed by atoms with Gasteiger partial charge in [0, 0.05) is 50.9 Å². The Balaban J connectivity index is 2.41. The fourth-order valence-electron chi connectivity index (χ4n) is 2.09. The largest absolute Gasteiger partial charge is 0.433 e. The van der Waals surface area contributed by atoms with Crippen LogP contribution in [0.15, 0.2) is 24.3 Å². The van der Waals surface area contributed by atoms with Crippen molar-refractivity contribution in [2.45, 2.75) is 12.7 Å². The summed E-state index contributed by atoms with van der Waals surface area (Å²) in [6.07, 6.45) is -4.63. The minimum atomic E-state index is -4.63. The summed E-state index contributed by atoms with van der Waals surface area (Å²) in [5.41, 5.74) is -0.879. The summed E-state index contributed by atoms with van der Waals surface area (Å²) < 4.78 is 39.3. The fraction of sp³-hybridized carbons (Fsp3) is 0.333. The van der Waals surface area contributed by atoms with Crippen LogP contribution in [0.2, 0.25) is 5.02 Å². The Morgan fingerprint density at radius 1 is 1.19 bits per heavy atom. The number of anilines is 2. The van der Waals surface area contributed by atoms with E-state index in [9.17, 15) is 23.3 Å². The standard InChI is InChI=1S/C15H15ClF3N5O2/c1-22(2)13-7-12(15(17,18)19)20-14(21-13)23(3)8-9-6-10(24(25)26)4-5-11(9)16/h4-7H,8H2,1-3H3. The molecule has 11 heteroatoms. The molecule has 1 heterocycles. The molecule has 0 amide bonds. The number of nitro groups is 1. The Morgan fingerprint density at radius 2 is 1.85 bits per heavy atom. The van der Waals surface area contributed by atoms with Crippen LogP contribution in [-0.4, -0.2) is 36.0 Å². The molecule has 26 heavy (non-hydrogen) atoms. The first-order valence-corrected chi connectivity index (χ1v) is 7.64. The van der Waals surface area contributed by atoms with Crippen molar-refractivity contribution >= 4 is 29.1 Å². The van der Waals surface area contributed by atoms with Crippen molar-refractivity contribution in [3.63, 3.8) is 0 Å². The zero-order valence-corrected chi connectivity index (χ0v) is 14.8. The van der Waals surface area contributed by atoms with Gasteiger partial charge in [-0.05, 0) is 11.6 Å². The van der Waals surface area contributed by atoms with Crippen molar-refractivity contribution in [2.75, 3.05) is 30.9 Å². The lowest BCUT2D eigenvalue weighted by atomic mass is 10.2. The topological polar surface area (TPSA) is 75.4 Å². The van der Waals surface area contributed by atoms with Gasteiger partial charge >= 0.3 is 6.18 Å². The number of alkyl halides is 3. The third kappa shape index (κ3) is 4.51. The molecule has 0 fully saturated rings. The first kappa shape index (κ1) is 19.7. The Morgan fingerprint density at radius 3 is 2.38 bits per heavy atom. The number of hydrogen-bond acceptors (Lipinski definition) is 6. The Kier molecular flexibility index (Phi) is 5.55. The maximum Gasteiger partial charge on any atom is 0.433 e. The van der Waals surface area contributed by atoms with Crippen LogP contribution in [0.1, 0.15) is 11.3 Å². The number of rotatable bonds is 5. The highest BCUT2D eigenvalue weighted by Crippen LogP contribution is 2.31. The van der Waals surface area contributed by atoms with Crippen molar-refractivity contribution in [2.24, 2.45) is 0 Å². The summed E-state index contributed by atoms with van der Waals surface area (Å²) in [5, 5.41) is 11.1. The second-order valence-electron chi connectivity index (χ2n) is 5.69. The minimum Gasteiger partial charge on any atom is -0.363 e. The van der Waals surface area contributed by atoms with Crippen LogP contribution in [-0.2, 0) is 12.7 Å². The minimum absolute atomic E-state index is 0.00527. The van der Waals surface area contributed by atoms with Gasteiger partial charge in [0.15, 0.2) is 5.69 Å². The van der Waals surface area contributed by atoms with Crippen molar-refractivity contribution < 1.29 is 18.1 Å². The smallest absolute Gasteiger partial charge is 0.363 e. The molecule has 0 spiro atoms. The number of benzene rings is 1. The van der Waals surface area contributed by atoms with Gasteiger partial charge in [-0.15, -0.1) is 0 Å².